The number of halogens is 1. The van der Waals surface area contributed by atoms with Crippen LogP contribution in [-0.2, 0) is 19.9 Å². The first-order chi connectivity index (χ1) is 13.0. The van der Waals surface area contributed by atoms with Gasteiger partial charge in [-0.3, -0.25) is 9.59 Å². The molecule has 142 valence electrons. The zero-order chi connectivity index (χ0) is 19.4. The van der Waals surface area contributed by atoms with Crippen molar-refractivity contribution in [2.45, 2.75) is 31.2 Å². The molecule has 6 nitrogen and oxygen atoms in total. The van der Waals surface area contributed by atoms with Crippen molar-refractivity contribution in [2.24, 2.45) is 0 Å². The molecule has 1 aliphatic rings. The molecule has 1 amide bonds. The van der Waals surface area contributed by atoms with Gasteiger partial charge in [0.05, 0.1) is 6.26 Å². The van der Waals surface area contributed by atoms with E-state index in [1.165, 1.54) is 17.2 Å². The second-order valence-corrected chi connectivity index (χ2v) is 6.88. The third kappa shape index (κ3) is 3.62. The van der Waals surface area contributed by atoms with Gasteiger partial charge in [0.2, 0.25) is 5.76 Å². The highest BCUT2D eigenvalue weighted by atomic mass is 35.5. The highest BCUT2D eigenvalue weighted by molar-refractivity contribution is 6.31. The molecule has 0 unspecified atom stereocenters. The largest absolute Gasteiger partial charge is 0.457 e. The number of esters is 1. The van der Waals surface area contributed by atoms with Crippen LogP contribution in [0.2, 0.25) is 5.02 Å². The summed E-state index contributed by atoms with van der Waals surface area (Å²) in [6.45, 7) is -0.491. The summed E-state index contributed by atoms with van der Waals surface area (Å²) in [7, 11) is 1.55. The Bertz CT molecular complexity index is 848. The summed E-state index contributed by atoms with van der Waals surface area (Å²) in [5, 5.41) is 0.431. The van der Waals surface area contributed by atoms with E-state index in [1.54, 1.807) is 37.4 Å². The highest BCUT2D eigenvalue weighted by Gasteiger charge is 2.48. The molecule has 0 bridgehead atoms. The first kappa shape index (κ1) is 19.2. The van der Waals surface area contributed by atoms with E-state index in [-0.39, 0.29) is 11.5 Å². The maximum absolute atomic E-state index is 13.0. The first-order valence-corrected chi connectivity index (χ1v) is 9.10. The summed E-state index contributed by atoms with van der Waals surface area (Å²) < 4.78 is 9.99. The Labute approximate surface area is 162 Å². The van der Waals surface area contributed by atoms with Crippen LogP contribution in [0.15, 0.2) is 47.1 Å². The van der Waals surface area contributed by atoms with Crippen LogP contribution in [0.25, 0.3) is 0 Å². The van der Waals surface area contributed by atoms with Gasteiger partial charge in [0, 0.05) is 24.1 Å². The molecule has 27 heavy (non-hydrogen) atoms. The van der Waals surface area contributed by atoms with Crippen molar-refractivity contribution in [3.05, 3.63) is 59.0 Å². The van der Waals surface area contributed by atoms with E-state index in [1.807, 2.05) is 0 Å². The van der Waals surface area contributed by atoms with E-state index in [2.05, 4.69) is 0 Å². The molecular weight excluding hydrogens is 370 g/mol. The standard InChI is InChI=1S/C20H20ClNO5/c1-22(18(24)13-27-19(25)16-9-6-12-26-16)20(11-5-4-10-17(20)23)14-7-2-3-8-15(14)21/h2-3,6-9,12H,4-5,10-11,13H2,1H3/t20-/m0/s1. The number of nitrogens with zero attached hydrogens (tertiary/aromatic N) is 1. The number of Topliss-reactive ketones (excluding diaryl/α,β-unsaturated/α-hetero) is 1. The van der Waals surface area contributed by atoms with Gasteiger partial charge in [0.1, 0.15) is 5.54 Å². The molecule has 1 atom stereocenters. The molecule has 2 aromatic rings. The lowest BCUT2D eigenvalue weighted by molar-refractivity contribution is -0.150. The predicted octanol–water partition coefficient (Wildman–Crippen LogP) is 3.59. The topological polar surface area (TPSA) is 76.8 Å². The monoisotopic (exact) mass is 389 g/mol. The molecule has 0 radical (unpaired) electrons. The minimum Gasteiger partial charge on any atom is -0.457 e. The predicted molar refractivity (Wildman–Crippen MR) is 98.4 cm³/mol. The van der Waals surface area contributed by atoms with Gasteiger partial charge in [-0.2, -0.15) is 0 Å². The van der Waals surface area contributed by atoms with E-state index >= 15 is 0 Å². The summed E-state index contributed by atoms with van der Waals surface area (Å²) >= 11 is 6.37. The Kier molecular flexibility index (Phi) is 5.65. The molecule has 0 saturated heterocycles. The molecule has 1 saturated carbocycles. The summed E-state index contributed by atoms with van der Waals surface area (Å²) in [5.41, 5.74) is -0.547. The second-order valence-electron chi connectivity index (χ2n) is 6.48. The smallest absolute Gasteiger partial charge is 0.374 e. The number of benzene rings is 1. The average Bonchev–Trinajstić information content (AvgIpc) is 3.21. The Hall–Kier alpha value is -2.60. The van der Waals surface area contributed by atoms with Gasteiger partial charge >= 0.3 is 5.97 Å². The van der Waals surface area contributed by atoms with Crippen molar-refractivity contribution in [3.8, 4) is 0 Å². The Morgan fingerprint density at radius 3 is 2.67 bits per heavy atom. The van der Waals surface area contributed by atoms with Gasteiger partial charge in [-0.05, 0) is 37.5 Å². The van der Waals surface area contributed by atoms with Crippen molar-refractivity contribution in [3.63, 3.8) is 0 Å². The average molecular weight is 390 g/mol. The van der Waals surface area contributed by atoms with E-state index in [0.29, 0.717) is 23.4 Å². The van der Waals surface area contributed by atoms with Crippen molar-refractivity contribution in [2.75, 3.05) is 13.7 Å². The number of rotatable bonds is 5. The Balaban J connectivity index is 1.84. The fourth-order valence-corrected chi connectivity index (χ4v) is 3.82. The maximum Gasteiger partial charge on any atom is 0.374 e. The third-order valence-corrected chi connectivity index (χ3v) is 5.30. The minimum absolute atomic E-state index is 0.0139. The molecule has 1 heterocycles. The van der Waals surface area contributed by atoms with Gasteiger partial charge < -0.3 is 14.1 Å². The molecular formula is C20H20ClNO5. The third-order valence-electron chi connectivity index (χ3n) is 4.97. The summed E-state index contributed by atoms with van der Waals surface area (Å²) in [6, 6.07) is 10.0. The number of likely N-dealkylation sites (N-methyl/N-ethyl adjacent to an activating group) is 1. The Morgan fingerprint density at radius 1 is 1.22 bits per heavy atom. The van der Waals surface area contributed by atoms with E-state index in [4.69, 9.17) is 20.8 Å². The van der Waals surface area contributed by atoms with Crippen LogP contribution in [0, 0.1) is 0 Å². The number of amides is 1. The van der Waals surface area contributed by atoms with Crippen LogP contribution < -0.4 is 0 Å². The molecule has 1 aliphatic carbocycles. The lowest BCUT2D eigenvalue weighted by atomic mass is 9.74. The summed E-state index contributed by atoms with van der Waals surface area (Å²) in [4.78, 5) is 39.0. The maximum atomic E-state index is 13.0. The number of hydrogen-bond acceptors (Lipinski definition) is 5. The van der Waals surface area contributed by atoms with Crippen LogP contribution in [-0.4, -0.2) is 36.2 Å². The second kappa shape index (κ2) is 7.96. The van der Waals surface area contributed by atoms with Gasteiger partial charge in [-0.15, -0.1) is 0 Å². The Morgan fingerprint density at radius 2 is 2.00 bits per heavy atom. The summed E-state index contributed by atoms with van der Waals surface area (Å²) in [5.74, 6) is -1.26. The zero-order valence-corrected chi connectivity index (χ0v) is 15.7. The van der Waals surface area contributed by atoms with Crippen molar-refractivity contribution in [1.29, 1.82) is 0 Å². The van der Waals surface area contributed by atoms with Crippen LogP contribution >= 0.6 is 11.6 Å². The van der Waals surface area contributed by atoms with Crippen molar-refractivity contribution >= 4 is 29.3 Å². The van der Waals surface area contributed by atoms with Gasteiger partial charge in [-0.1, -0.05) is 29.8 Å². The number of ether oxygens (including phenoxy) is 1. The molecule has 0 spiro atoms. The fraction of sp³-hybridized carbons (Fsp3) is 0.350. The number of furan rings is 1. The van der Waals surface area contributed by atoms with Gasteiger partial charge in [0.15, 0.2) is 12.4 Å². The highest BCUT2D eigenvalue weighted by Crippen LogP contribution is 2.42. The van der Waals surface area contributed by atoms with Gasteiger partial charge in [-0.25, -0.2) is 4.79 Å². The van der Waals surface area contributed by atoms with E-state index < -0.39 is 24.0 Å². The quantitative estimate of drug-likeness (QED) is 0.730. The first-order valence-electron chi connectivity index (χ1n) is 8.72. The SMILES string of the molecule is CN(C(=O)COC(=O)c1ccco1)[C@]1(c2ccccc2Cl)CCCCC1=O. The van der Waals surface area contributed by atoms with E-state index in [9.17, 15) is 14.4 Å². The summed E-state index contributed by atoms with van der Waals surface area (Å²) in [6.07, 6.45) is 3.76. The molecule has 3 rings (SSSR count). The van der Waals surface area contributed by atoms with Gasteiger partial charge in [0.25, 0.3) is 5.91 Å². The van der Waals surface area contributed by atoms with Crippen molar-refractivity contribution in [1.82, 2.24) is 4.90 Å². The van der Waals surface area contributed by atoms with Crippen LogP contribution in [0.3, 0.4) is 0 Å². The lowest BCUT2D eigenvalue weighted by Crippen LogP contribution is -2.55. The van der Waals surface area contributed by atoms with Crippen LogP contribution in [0.5, 0.6) is 0 Å². The number of carbonyl (C=O) groups excluding carboxylic acids is 3. The normalized spacial score (nSPS) is 19.6. The van der Waals surface area contributed by atoms with E-state index in [0.717, 1.165) is 12.8 Å². The molecule has 1 aromatic heterocycles. The van der Waals surface area contributed by atoms with Crippen LogP contribution in [0.1, 0.15) is 41.8 Å². The zero-order valence-electron chi connectivity index (χ0n) is 14.9. The molecule has 1 aromatic carbocycles. The van der Waals surface area contributed by atoms with Crippen LogP contribution in [0.4, 0.5) is 0 Å². The molecule has 0 aliphatic heterocycles. The molecule has 0 N–H and O–H groups in total. The minimum atomic E-state index is -1.15. The fourth-order valence-electron chi connectivity index (χ4n) is 3.53. The molecule has 1 fully saturated rings. The van der Waals surface area contributed by atoms with Crippen molar-refractivity contribution < 1.29 is 23.5 Å². The number of carbonyl (C=O) groups is 3. The number of ketones is 1. The number of hydrogen-bond donors (Lipinski definition) is 0. The molecule has 7 heteroatoms. The lowest BCUT2D eigenvalue weighted by Gasteiger charge is -2.43.